The summed E-state index contributed by atoms with van der Waals surface area (Å²) in [6, 6.07) is 14.6. The van der Waals surface area contributed by atoms with Crippen LogP contribution in [0.15, 0.2) is 65.7 Å². The molecule has 1 aliphatic rings. The number of carbonyl (C=O) groups excluding carboxylic acids is 1. The predicted octanol–water partition coefficient (Wildman–Crippen LogP) is 3.37. The second-order valence-electron chi connectivity index (χ2n) is 6.20. The van der Waals surface area contributed by atoms with Crippen molar-refractivity contribution in [3.05, 3.63) is 82.4 Å². The lowest BCUT2D eigenvalue weighted by Gasteiger charge is -2.10. The quantitative estimate of drug-likeness (QED) is 0.763. The largest absolute Gasteiger partial charge is 0.325 e. The third kappa shape index (κ3) is 3.21. The Bertz CT molecular complexity index is 1010. The fourth-order valence-electron chi connectivity index (χ4n) is 3.20. The van der Waals surface area contributed by atoms with E-state index in [4.69, 9.17) is 0 Å². The molecule has 0 saturated heterocycles. The van der Waals surface area contributed by atoms with Crippen LogP contribution in [0.5, 0.6) is 0 Å². The van der Waals surface area contributed by atoms with Gasteiger partial charge in [-0.1, -0.05) is 24.3 Å². The van der Waals surface area contributed by atoms with E-state index in [1.807, 2.05) is 30.3 Å². The van der Waals surface area contributed by atoms with E-state index in [-0.39, 0.29) is 11.4 Å². The van der Waals surface area contributed by atoms with Crippen LogP contribution >= 0.6 is 0 Å². The number of hydrogen-bond acceptors (Lipinski definition) is 3. The molecule has 3 aromatic rings. The Morgan fingerprint density at radius 3 is 2.65 bits per heavy atom. The molecule has 0 aliphatic heterocycles. The Hall–Kier alpha value is -3.41. The summed E-state index contributed by atoms with van der Waals surface area (Å²) in [5.41, 5.74) is 3.68. The van der Waals surface area contributed by atoms with Gasteiger partial charge in [0.1, 0.15) is 0 Å². The Morgan fingerprint density at radius 2 is 1.81 bits per heavy atom. The zero-order valence-electron chi connectivity index (χ0n) is 14.1. The van der Waals surface area contributed by atoms with Crippen LogP contribution in [0, 0.1) is 0 Å². The predicted molar refractivity (Wildman–Crippen MR) is 101 cm³/mol. The van der Waals surface area contributed by atoms with Crippen LogP contribution in [0.3, 0.4) is 0 Å². The molecule has 6 heteroatoms. The molecule has 0 radical (unpaired) electrons. The summed E-state index contributed by atoms with van der Waals surface area (Å²) < 4.78 is 1.50. The standard InChI is InChI=1S/C20H18N4O2/c25-19-18(23-20(26)22-16-7-2-1-3-8-16)21-11-12-24(19)17-10-9-14-5-4-6-15(14)13-17/h1-3,7-13H,4-6H2,(H2,21,22,23,26). The number of rotatable bonds is 3. The highest BCUT2D eigenvalue weighted by Crippen LogP contribution is 2.23. The lowest BCUT2D eigenvalue weighted by molar-refractivity contribution is 0.262. The topological polar surface area (TPSA) is 76.0 Å². The number of aryl methyl sites for hydroxylation is 2. The molecule has 130 valence electrons. The van der Waals surface area contributed by atoms with Crippen LogP contribution in [-0.2, 0) is 12.8 Å². The van der Waals surface area contributed by atoms with Crippen molar-refractivity contribution in [3.8, 4) is 5.69 Å². The summed E-state index contributed by atoms with van der Waals surface area (Å²) in [6.07, 6.45) is 6.39. The van der Waals surface area contributed by atoms with Crippen molar-refractivity contribution >= 4 is 17.5 Å². The van der Waals surface area contributed by atoms with Gasteiger partial charge in [0, 0.05) is 23.8 Å². The van der Waals surface area contributed by atoms with E-state index in [1.165, 1.54) is 21.9 Å². The smallest absolute Gasteiger partial charge is 0.308 e. The van der Waals surface area contributed by atoms with Crippen LogP contribution < -0.4 is 16.2 Å². The number of nitrogens with zero attached hydrogens (tertiary/aromatic N) is 2. The Morgan fingerprint density at radius 1 is 1.00 bits per heavy atom. The van der Waals surface area contributed by atoms with Crippen LogP contribution in [0.2, 0.25) is 0 Å². The molecule has 0 bridgehead atoms. The second-order valence-corrected chi connectivity index (χ2v) is 6.20. The molecule has 4 rings (SSSR count). The van der Waals surface area contributed by atoms with Gasteiger partial charge in [-0.05, 0) is 54.7 Å². The van der Waals surface area contributed by atoms with Crippen molar-refractivity contribution in [1.82, 2.24) is 9.55 Å². The van der Waals surface area contributed by atoms with Gasteiger partial charge in [-0.2, -0.15) is 0 Å². The Balaban J connectivity index is 1.58. The highest BCUT2D eigenvalue weighted by molar-refractivity contribution is 5.99. The molecular weight excluding hydrogens is 328 g/mol. The second kappa shape index (κ2) is 6.84. The molecular formula is C20H18N4O2. The van der Waals surface area contributed by atoms with E-state index >= 15 is 0 Å². The summed E-state index contributed by atoms with van der Waals surface area (Å²) in [6.45, 7) is 0. The highest BCUT2D eigenvalue weighted by atomic mass is 16.2. The van der Waals surface area contributed by atoms with E-state index < -0.39 is 6.03 Å². The van der Waals surface area contributed by atoms with Crippen LogP contribution in [0.25, 0.3) is 5.69 Å². The summed E-state index contributed by atoms with van der Waals surface area (Å²) in [7, 11) is 0. The number of benzene rings is 2. The van der Waals surface area contributed by atoms with Gasteiger partial charge < -0.3 is 5.32 Å². The maximum atomic E-state index is 12.7. The molecule has 6 nitrogen and oxygen atoms in total. The summed E-state index contributed by atoms with van der Waals surface area (Å²) in [5, 5.41) is 5.20. The van der Waals surface area contributed by atoms with Crippen molar-refractivity contribution in [2.45, 2.75) is 19.3 Å². The number of hydrogen-bond donors (Lipinski definition) is 2. The molecule has 0 unspecified atom stereocenters. The van der Waals surface area contributed by atoms with Gasteiger partial charge in [0.15, 0.2) is 0 Å². The van der Waals surface area contributed by atoms with Gasteiger partial charge in [-0.15, -0.1) is 0 Å². The average molecular weight is 346 g/mol. The first-order valence-electron chi connectivity index (χ1n) is 8.53. The Labute approximate surface area is 150 Å². The maximum Gasteiger partial charge on any atom is 0.325 e. The maximum absolute atomic E-state index is 12.7. The van der Waals surface area contributed by atoms with E-state index in [0.29, 0.717) is 5.69 Å². The van der Waals surface area contributed by atoms with Crippen LogP contribution in [-0.4, -0.2) is 15.6 Å². The lowest BCUT2D eigenvalue weighted by Crippen LogP contribution is -2.28. The third-order valence-corrected chi connectivity index (χ3v) is 4.46. The molecule has 0 saturated carbocycles. The molecule has 1 aliphatic carbocycles. The van der Waals surface area contributed by atoms with Gasteiger partial charge in [0.2, 0.25) is 5.82 Å². The van der Waals surface area contributed by atoms with E-state index in [9.17, 15) is 9.59 Å². The summed E-state index contributed by atoms with van der Waals surface area (Å²) in [4.78, 5) is 28.9. The van der Waals surface area contributed by atoms with Crippen LogP contribution in [0.4, 0.5) is 16.3 Å². The normalized spacial score (nSPS) is 12.5. The minimum Gasteiger partial charge on any atom is -0.308 e. The van der Waals surface area contributed by atoms with E-state index in [0.717, 1.165) is 24.9 Å². The number of fused-ring (bicyclic) bond motifs is 1. The third-order valence-electron chi connectivity index (χ3n) is 4.46. The van der Waals surface area contributed by atoms with Gasteiger partial charge in [-0.25, -0.2) is 9.78 Å². The van der Waals surface area contributed by atoms with Crippen molar-refractivity contribution in [2.75, 3.05) is 10.6 Å². The minimum atomic E-state index is -0.507. The number of aromatic nitrogens is 2. The highest BCUT2D eigenvalue weighted by Gasteiger charge is 2.14. The minimum absolute atomic E-state index is 0.0126. The van der Waals surface area contributed by atoms with Crippen molar-refractivity contribution in [3.63, 3.8) is 0 Å². The SMILES string of the molecule is O=C(Nc1ccccc1)Nc1nccn(-c2ccc3c(c2)CCC3)c1=O. The van der Waals surface area contributed by atoms with Gasteiger partial charge in [0.05, 0.1) is 0 Å². The number of carbonyl (C=O) groups is 1. The van der Waals surface area contributed by atoms with Crippen molar-refractivity contribution < 1.29 is 4.79 Å². The molecule has 2 N–H and O–H groups in total. The van der Waals surface area contributed by atoms with Crippen molar-refractivity contribution in [2.24, 2.45) is 0 Å². The molecule has 1 aromatic heterocycles. The summed E-state index contributed by atoms with van der Waals surface area (Å²) >= 11 is 0. The molecule has 0 fully saturated rings. The monoisotopic (exact) mass is 346 g/mol. The number of urea groups is 1. The fourth-order valence-corrected chi connectivity index (χ4v) is 3.20. The van der Waals surface area contributed by atoms with Crippen LogP contribution in [0.1, 0.15) is 17.5 Å². The van der Waals surface area contributed by atoms with E-state index in [1.54, 1.807) is 18.3 Å². The number of nitrogens with one attached hydrogen (secondary N) is 2. The molecule has 1 heterocycles. The van der Waals surface area contributed by atoms with Crippen molar-refractivity contribution in [1.29, 1.82) is 0 Å². The van der Waals surface area contributed by atoms with Gasteiger partial charge >= 0.3 is 6.03 Å². The fraction of sp³-hybridized carbons (Fsp3) is 0.150. The number of para-hydroxylation sites is 1. The van der Waals surface area contributed by atoms with E-state index in [2.05, 4.69) is 21.7 Å². The average Bonchev–Trinajstić information content (AvgIpc) is 3.12. The first-order chi connectivity index (χ1) is 12.7. The molecule has 0 spiro atoms. The summed E-state index contributed by atoms with van der Waals surface area (Å²) in [5.74, 6) is -0.0126. The first-order valence-corrected chi connectivity index (χ1v) is 8.53. The zero-order valence-corrected chi connectivity index (χ0v) is 14.1. The van der Waals surface area contributed by atoms with Gasteiger partial charge in [0.25, 0.3) is 5.56 Å². The first kappa shape index (κ1) is 16.1. The molecule has 2 aromatic carbocycles. The number of anilines is 2. The lowest BCUT2D eigenvalue weighted by atomic mass is 10.1. The molecule has 26 heavy (non-hydrogen) atoms. The molecule has 2 amide bonds. The van der Waals surface area contributed by atoms with Gasteiger partial charge in [-0.3, -0.25) is 14.7 Å². The number of amides is 2. The molecule has 0 atom stereocenters. The Kier molecular flexibility index (Phi) is 4.23. The zero-order chi connectivity index (χ0) is 17.9.